The van der Waals surface area contributed by atoms with Crippen LogP contribution in [0.15, 0.2) is 24.3 Å². The van der Waals surface area contributed by atoms with Gasteiger partial charge < -0.3 is 15.1 Å². The zero-order valence-corrected chi connectivity index (χ0v) is 15.6. The fourth-order valence-electron chi connectivity index (χ4n) is 2.90. The molecule has 24 heavy (non-hydrogen) atoms. The lowest BCUT2D eigenvalue weighted by Crippen LogP contribution is -2.40. The zero-order valence-electron chi connectivity index (χ0n) is 14.7. The van der Waals surface area contributed by atoms with E-state index >= 15 is 0 Å². The molecule has 1 aromatic rings. The standard InChI is InChI=1S/C18H27N3O2.ClH/c1-4-21(18(23)16-9-11-19-12-10-16)13-14-5-7-15(8-6-14)17(22)20(2)3;/h5-8,16,19H,4,9-13H2,1-3H3;1H. The van der Waals surface area contributed by atoms with Crippen molar-refractivity contribution in [1.82, 2.24) is 15.1 Å². The Morgan fingerprint density at radius 2 is 1.71 bits per heavy atom. The van der Waals surface area contributed by atoms with Crippen LogP contribution in [0.3, 0.4) is 0 Å². The first-order valence-electron chi connectivity index (χ1n) is 8.33. The summed E-state index contributed by atoms with van der Waals surface area (Å²) in [6, 6.07) is 7.55. The molecule has 2 amide bonds. The van der Waals surface area contributed by atoms with Crippen molar-refractivity contribution in [3.05, 3.63) is 35.4 Å². The third-order valence-electron chi connectivity index (χ3n) is 4.36. The van der Waals surface area contributed by atoms with Crippen molar-refractivity contribution in [3.63, 3.8) is 0 Å². The van der Waals surface area contributed by atoms with E-state index in [2.05, 4.69) is 5.32 Å². The van der Waals surface area contributed by atoms with E-state index in [4.69, 9.17) is 0 Å². The number of benzene rings is 1. The second-order valence-electron chi connectivity index (χ2n) is 6.27. The smallest absolute Gasteiger partial charge is 0.253 e. The van der Waals surface area contributed by atoms with Crippen LogP contribution in [0, 0.1) is 5.92 Å². The third-order valence-corrected chi connectivity index (χ3v) is 4.36. The summed E-state index contributed by atoms with van der Waals surface area (Å²) < 4.78 is 0. The van der Waals surface area contributed by atoms with Crippen LogP contribution in [-0.4, -0.2) is 55.3 Å². The molecule has 1 aliphatic rings. The Morgan fingerprint density at radius 3 is 2.21 bits per heavy atom. The number of halogens is 1. The molecular weight excluding hydrogens is 326 g/mol. The van der Waals surface area contributed by atoms with Crippen LogP contribution >= 0.6 is 12.4 Å². The summed E-state index contributed by atoms with van der Waals surface area (Å²) in [5, 5.41) is 3.30. The predicted molar refractivity (Wildman–Crippen MR) is 98.4 cm³/mol. The van der Waals surface area contributed by atoms with Gasteiger partial charge in [-0.3, -0.25) is 9.59 Å². The molecule has 2 rings (SSSR count). The highest BCUT2D eigenvalue weighted by atomic mass is 35.5. The molecule has 1 N–H and O–H groups in total. The first-order valence-corrected chi connectivity index (χ1v) is 8.33. The molecule has 0 aromatic heterocycles. The van der Waals surface area contributed by atoms with E-state index in [9.17, 15) is 9.59 Å². The minimum atomic E-state index is -0.00493. The number of carbonyl (C=O) groups is 2. The molecule has 1 heterocycles. The Kier molecular flexibility index (Phi) is 8.22. The maximum Gasteiger partial charge on any atom is 0.253 e. The van der Waals surface area contributed by atoms with Gasteiger partial charge in [0.05, 0.1) is 0 Å². The van der Waals surface area contributed by atoms with E-state index < -0.39 is 0 Å². The molecule has 5 nitrogen and oxygen atoms in total. The lowest BCUT2D eigenvalue weighted by atomic mass is 9.96. The van der Waals surface area contributed by atoms with E-state index in [0.29, 0.717) is 18.7 Å². The SMILES string of the molecule is CCN(Cc1ccc(C(=O)N(C)C)cc1)C(=O)C1CCNCC1.Cl. The Bertz CT molecular complexity index is 540. The lowest BCUT2D eigenvalue weighted by molar-refractivity contribution is -0.136. The van der Waals surface area contributed by atoms with Gasteiger partial charge in [0.15, 0.2) is 0 Å². The summed E-state index contributed by atoms with van der Waals surface area (Å²) in [6.45, 7) is 5.18. The molecule has 1 aliphatic heterocycles. The number of rotatable bonds is 5. The van der Waals surface area contributed by atoms with Crippen molar-refractivity contribution in [2.45, 2.75) is 26.3 Å². The van der Waals surface area contributed by atoms with Crippen molar-refractivity contribution >= 4 is 24.2 Å². The van der Waals surface area contributed by atoms with Crippen LogP contribution in [0.1, 0.15) is 35.7 Å². The topological polar surface area (TPSA) is 52.7 Å². The van der Waals surface area contributed by atoms with Gasteiger partial charge in [-0.15, -0.1) is 12.4 Å². The van der Waals surface area contributed by atoms with Crippen LogP contribution in [0.4, 0.5) is 0 Å². The molecule has 134 valence electrons. The fraction of sp³-hybridized carbons (Fsp3) is 0.556. The van der Waals surface area contributed by atoms with Crippen LogP contribution in [0.5, 0.6) is 0 Å². The maximum absolute atomic E-state index is 12.6. The van der Waals surface area contributed by atoms with Gasteiger partial charge in [0.1, 0.15) is 0 Å². The summed E-state index contributed by atoms with van der Waals surface area (Å²) in [5.74, 6) is 0.392. The second kappa shape index (κ2) is 9.64. The number of carbonyl (C=O) groups excluding carboxylic acids is 2. The van der Waals surface area contributed by atoms with Gasteiger partial charge >= 0.3 is 0 Å². The minimum Gasteiger partial charge on any atom is -0.345 e. The molecule has 0 saturated carbocycles. The van der Waals surface area contributed by atoms with E-state index in [0.717, 1.165) is 31.5 Å². The first-order chi connectivity index (χ1) is 11.0. The Morgan fingerprint density at radius 1 is 1.12 bits per heavy atom. The number of hydrogen-bond acceptors (Lipinski definition) is 3. The molecule has 1 fully saturated rings. The summed E-state index contributed by atoms with van der Waals surface area (Å²) in [5.41, 5.74) is 1.73. The monoisotopic (exact) mass is 353 g/mol. The minimum absolute atomic E-state index is 0. The highest BCUT2D eigenvalue weighted by Gasteiger charge is 2.25. The molecule has 0 bridgehead atoms. The van der Waals surface area contributed by atoms with Crippen molar-refractivity contribution in [3.8, 4) is 0 Å². The molecule has 0 unspecified atom stereocenters. The number of nitrogens with zero attached hydrogens (tertiary/aromatic N) is 2. The van der Waals surface area contributed by atoms with Crippen molar-refractivity contribution < 1.29 is 9.59 Å². The number of hydrogen-bond donors (Lipinski definition) is 1. The zero-order chi connectivity index (χ0) is 16.8. The molecule has 0 radical (unpaired) electrons. The van der Waals surface area contributed by atoms with Crippen molar-refractivity contribution in [1.29, 1.82) is 0 Å². The Labute approximate surface area is 150 Å². The molecule has 0 aliphatic carbocycles. The lowest BCUT2D eigenvalue weighted by Gasteiger charge is -2.29. The molecule has 0 spiro atoms. The summed E-state index contributed by atoms with van der Waals surface area (Å²) in [4.78, 5) is 28.0. The largest absolute Gasteiger partial charge is 0.345 e. The highest BCUT2D eigenvalue weighted by Crippen LogP contribution is 2.17. The van der Waals surface area contributed by atoms with Gasteiger partial charge in [-0.25, -0.2) is 0 Å². The van der Waals surface area contributed by atoms with Crippen LogP contribution < -0.4 is 5.32 Å². The number of amides is 2. The van der Waals surface area contributed by atoms with Gasteiger partial charge in [-0.1, -0.05) is 12.1 Å². The van der Waals surface area contributed by atoms with Gasteiger partial charge in [0.2, 0.25) is 5.91 Å². The van der Waals surface area contributed by atoms with Crippen LogP contribution in [0.25, 0.3) is 0 Å². The number of piperidine rings is 1. The fourth-order valence-corrected chi connectivity index (χ4v) is 2.90. The molecule has 6 heteroatoms. The van der Waals surface area contributed by atoms with Gasteiger partial charge in [0, 0.05) is 38.7 Å². The highest BCUT2D eigenvalue weighted by molar-refractivity contribution is 5.93. The molecule has 1 saturated heterocycles. The van der Waals surface area contributed by atoms with Gasteiger partial charge in [-0.05, 0) is 50.6 Å². The van der Waals surface area contributed by atoms with Crippen LogP contribution in [0.2, 0.25) is 0 Å². The van der Waals surface area contributed by atoms with E-state index in [1.807, 2.05) is 36.1 Å². The quantitative estimate of drug-likeness (QED) is 0.882. The Hall–Kier alpha value is -1.59. The first kappa shape index (κ1) is 20.5. The normalized spacial score (nSPS) is 14.6. The summed E-state index contributed by atoms with van der Waals surface area (Å²) >= 11 is 0. The third kappa shape index (κ3) is 5.21. The van der Waals surface area contributed by atoms with Crippen LogP contribution in [-0.2, 0) is 11.3 Å². The van der Waals surface area contributed by atoms with Crippen molar-refractivity contribution in [2.75, 3.05) is 33.7 Å². The average molecular weight is 354 g/mol. The summed E-state index contributed by atoms with van der Waals surface area (Å²) in [6.07, 6.45) is 1.84. The van der Waals surface area contributed by atoms with E-state index in [1.165, 1.54) is 0 Å². The van der Waals surface area contributed by atoms with E-state index in [1.54, 1.807) is 19.0 Å². The second-order valence-corrected chi connectivity index (χ2v) is 6.27. The molecule has 1 aromatic carbocycles. The predicted octanol–water partition coefficient (Wildman–Crippen LogP) is 2.16. The molecule has 0 atom stereocenters. The maximum atomic E-state index is 12.6. The summed E-state index contributed by atoms with van der Waals surface area (Å²) in [7, 11) is 3.49. The average Bonchev–Trinajstić information content (AvgIpc) is 2.59. The van der Waals surface area contributed by atoms with Crippen molar-refractivity contribution in [2.24, 2.45) is 5.92 Å². The molecular formula is C18H28ClN3O2. The Balaban J connectivity index is 0.00000288. The van der Waals surface area contributed by atoms with E-state index in [-0.39, 0.29) is 30.1 Å². The number of nitrogens with one attached hydrogen (secondary N) is 1. The van der Waals surface area contributed by atoms with Gasteiger partial charge in [-0.2, -0.15) is 0 Å². The van der Waals surface area contributed by atoms with Gasteiger partial charge in [0.25, 0.3) is 5.91 Å².